The summed E-state index contributed by atoms with van der Waals surface area (Å²) in [6.07, 6.45) is -0.443. The van der Waals surface area contributed by atoms with Crippen molar-refractivity contribution in [2.45, 2.75) is 18.7 Å². The Morgan fingerprint density at radius 2 is 1.76 bits per heavy atom. The van der Waals surface area contributed by atoms with Crippen molar-refractivity contribution in [1.82, 2.24) is 19.1 Å². The van der Waals surface area contributed by atoms with Crippen molar-refractivity contribution in [2.24, 2.45) is 0 Å². The number of sulfonamides is 1. The quantitative estimate of drug-likeness (QED) is 0.368. The fourth-order valence-corrected chi connectivity index (χ4v) is 7.88. The number of hydrogen-bond acceptors (Lipinski definition) is 9. The lowest BCUT2D eigenvalue weighted by Crippen LogP contribution is -2.50. The monoisotopic (exact) mass is 635 g/mol. The summed E-state index contributed by atoms with van der Waals surface area (Å²) < 4.78 is 39.4. The first-order chi connectivity index (χ1) is 20.2. The lowest BCUT2D eigenvalue weighted by Gasteiger charge is -2.33. The molecule has 2 saturated heterocycles. The minimum absolute atomic E-state index is 0.0914. The minimum atomic E-state index is -3.80. The van der Waals surface area contributed by atoms with E-state index < -0.39 is 16.1 Å². The molecule has 3 aromatic rings. The highest BCUT2D eigenvalue weighted by atomic mass is 35.5. The number of carbonyl (C=O) groups is 2. The van der Waals surface area contributed by atoms with Gasteiger partial charge < -0.3 is 14.4 Å². The lowest BCUT2D eigenvalue weighted by molar-refractivity contribution is 0.0391. The summed E-state index contributed by atoms with van der Waals surface area (Å²) >= 11 is 7.68. The number of piperazine rings is 1. The van der Waals surface area contributed by atoms with Gasteiger partial charge in [0.1, 0.15) is 0 Å². The molecular formula is C28H34ClN5O6S2. The molecule has 3 heterocycles. The van der Waals surface area contributed by atoms with Gasteiger partial charge in [-0.15, -0.1) is 0 Å². The smallest absolute Gasteiger partial charge is 0.409 e. The molecule has 0 bridgehead atoms. The van der Waals surface area contributed by atoms with Crippen molar-refractivity contribution in [1.29, 1.82) is 0 Å². The molecule has 2 aromatic carbocycles. The van der Waals surface area contributed by atoms with Crippen LogP contribution in [0, 0.1) is 6.92 Å². The van der Waals surface area contributed by atoms with E-state index in [1.165, 1.54) is 32.7 Å². The van der Waals surface area contributed by atoms with Gasteiger partial charge in [0.05, 0.1) is 34.9 Å². The normalized spacial score (nSPS) is 17.0. The van der Waals surface area contributed by atoms with E-state index in [4.69, 9.17) is 26.1 Å². The molecule has 0 N–H and O–H groups in total. The van der Waals surface area contributed by atoms with E-state index in [2.05, 4.69) is 4.90 Å². The fourth-order valence-electron chi connectivity index (χ4n) is 5.01. The molecule has 2 fully saturated rings. The first kappa shape index (κ1) is 30.6. The molecule has 5 rings (SSSR count). The van der Waals surface area contributed by atoms with Crippen LogP contribution in [0.25, 0.3) is 10.2 Å². The maximum Gasteiger partial charge on any atom is 0.409 e. The molecule has 0 aliphatic carbocycles. The molecule has 2 aliphatic rings. The molecule has 0 radical (unpaired) electrons. The average molecular weight is 636 g/mol. The van der Waals surface area contributed by atoms with E-state index in [9.17, 15) is 18.0 Å². The molecule has 226 valence electrons. The van der Waals surface area contributed by atoms with E-state index >= 15 is 0 Å². The number of halogens is 1. The lowest BCUT2D eigenvalue weighted by atomic mass is 10.2. The zero-order chi connectivity index (χ0) is 29.9. The largest absolute Gasteiger partial charge is 0.450 e. The number of nitrogens with zero attached hydrogens (tertiary/aromatic N) is 5. The van der Waals surface area contributed by atoms with Crippen LogP contribution in [0.1, 0.15) is 22.8 Å². The van der Waals surface area contributed by atoms with Gasteiger partial charge in [0.15, 0.2) is 5.13 Å². The molecule has 0 saturated carbocycles. The number of morpholine rings is 1. The summed E-state index contributed by atoms with van der Waals surface area (Å²) in [5, 5.41) is 1.17. The second-order valence-electron chi connectivity index (χ2n) is 10.1. The zero-order valence-corrected chi connectivity index (χ0v) is 26.0. The number of amides is 2. The molecule has 1 aromatic heterocycles. The summed E-state index contributed by atoms with van der Waals surface area (Å²) in [7, 11) is -3.80. The average Bonchev–Trinajstić information content (AvgIpc) is 3.42. The summed E-state index contributed by atoms with van der Waals surface area (Å²) in [6.45, 7) is 8.70. The highest BCUT2D eigenvalue weighted by Crippen LogP contribution is 2.34. The van der Waals surface area contributed by atoms with Crippen LogP contribution in [-0.2, 0) is 19.5 Å². The predicted molar refractivity (Wildman–Crippen MR) is 162 cm³/mol. The van der Waals surface area contributed by atoms with Crippen LogP contribution in [0.4, 0.5) is 9.93 Å². The zero-order valence-electron chi connectivity index (χ0n) is 23.6. The van der Waals surface area contributed by atoms with Crippen molar-refractivity contribution in [3.8, 4) is 0 Å². The third-order valence-electron chi connectivity index (χ3n) is 7.36. The predicted octanol–water partition coefficient (Wildman–Crippen LogP) is 3.70. The standard InChI is InChI=1S/C28H34ClN5O6S2/c1-3-40-28(36)32-9-11-33(12-10-32)42(37,38)23-6-4-21(5-7-23)26(35)34(13-8-31-14-16-39-17-15-31)27-30-25-20(2)18-22(29)19-24(25)41-27/h4-7,18-19H,3,8-17H2,1-2H3. The van der Waals surface area contributed by atoms with Crippen molar-refractivity contribution >= 4 is 60.3 Å². The van der Waals surface area contributed by atoms with Gasteiger partial charge in [-0.3, -0.25) is 14.6 Å². The van der Waals surface area contributed by atoms with Gasteiger partial charge >= 0.3 is 6.09 Å². The van der Waals surface area contributed by atoms with Gasteiger partial charge in [-0.1, -0.05) is 22.9 Å². The number of ether oxygens (including phenoxy) is 2. The van der Waals surface area contributed by atoms with Crippen LogP contribution < -0.4 is 4.90 Å². The maximum atomic E-state index is 13.9. The third-order valence-corrected chi connectivity index (χ3v) is 10.5. The maximum absolute atomic E-state index is 13.9. The topological polar surface area (TPSA) is 113 Å². The van der Waals surface area contributed by atoms with E-state index in [1.807, 2.05) is 19.1 Å². The highest BCUT2D eigenvalue weighted by Gasteiger charge is 2.31. The van der Waals surface area contributed by atoms with Gasteiger partial charge in [-0.25, -0.2) is 18.2 Å². The molecule has 0 unspecified atom stereocenters. The second-order valence-corrected chi connectivity index (χ2v) is 13.5. The molecule has 42 heavy (non-hydrogen) atoms. The number of carbonyl (C=O) groups excluding carboxylic acids is 2. The Hall–Kier alpha value is -2.81. The summed E-state index contributed by atoms with van der Waals surface area (Å²) in [4.78, 5) is 36.2. The van der Waals surface area contributed by atoms with Crippen molar-refractivity contribution in [2.75, 3.05) is 77.1 Å². The van der Waals surface area contributed by atoms with Crippen molar-refractivity contribution < 1.29 is 27.5 Å². The number of thiazole rings is 1. The van der Waals surface area contributed by atoms with E-state index in [0.29, 0.717) is 42.0 Å². The molecular weight excluding hydrogens is 602 g/mol. The van der Waals surface area contributed by atoms with Gasteiger partial charge in [0.2, 0.25) is 10.0 Å². The molecule has 2 amide bonds. The Morgan fingerprint density at radius 1 is 1.07 bits per heavy atom. The van der Waals surface area contributed by atoms with Crippen LogP contribution >= 0.6 is 22.9 Å². The van der Waals surface area contributed by atoms with Crippen LogP contribution in [0.2, 0.25) is 5.02 Å². The SMILES string of the molecule is CCOC(=O)N1CCN(S(=O)(=O)c2ccc(C(=O)N(CCN3CCOCC3)c3nc4c(C)cc(Cl)cc4s3)cc2)CC1. The number of hydrogen-bond donors (Lipinski definition) is 0. The van der Waals surface area contributed by atoms with Crippen LogP contribution in [0.5, 0.6) is 0 Å². The second kappa shape index (κ2) is 13.2. The van der Waals surface area contributed by atoms with E-state index in [0.717, 1.165) is 28.9 Å². The molecule has 2 aliphatic heterocycles. The fraction of sp³-hybridized carbons (Fsp3) is 0.464. The Bertz CT molecular complexity index is 1530. The first-order valence-corrected chi connectivity index (χ1v) is 16.5. The molecule has 14 heteroatoms. The Kier molecular flexibility index (Phi) is 9.65. The number of fused-ring (bicyclic) bond motifs is 1. The first-order valence-electron chi connectivity index (χ1n) is 13.9. The Balaban J connectivity index is 1.35. The molecule has 0 spiro atoms. The van der Waals surface area contributed by atoms with E-state index in [-0.39, 0.29) is 43.6 Å². The molecule has 0 atom stereocenters. The Labute approximate surface area is 254 Å². The highest BCUT2D eigenvalue weighted by molar-refractivity contribution is 7.89. The molecule has 11 nitrogen and oxygen atoms in total. The van der Waals surface area contributed by atoms with Gasteiger partial charge in [0.25, 0.3) is 5.91 Å². The van der Waals surface area contributed by atoms with Crippen LogP contribution in [-0.4, -0.2) is 112 Å². The minimum Gasteiger partial charge on any atom is -0.450 e. The van der Waals surface area contributed by atoms with Gasteiger partial charge in [-0.05, 0) is 55.8 Å². The number of rotatable bonds is 8. The number of benzene rings is 2. The third kappa shape index (κ3) is 6.71. The van der Waals surface area contributed by atoms with Crippen molar-refractivity contribution in [3.05, 3.63) is 52.5 Å². The summed E-state index contributed by atoms with van der Waals surface area (Å²) in [5.41, 5.74) is 2.09. The van der Waals surface area contributed by atoms with Crippen molar-refractivity contribution in [3.63, 3.8) is 0 Å². The number of aryl methyl sites for hydroxylation is 1. The van der Waals surface area contributed by atoms with Crippen LogP contribution in [0.3, 0.4) is 0 Å². The van der Waals surface area contributed by atoms with Crippen LogP contribution in [0.15, 0.2) is 41.3 Å². The number of anilines is 1. The summed E-state index contributed by atoms with van der Waals surface area (Å²) in [5.74, 6) is -0.266. The number of aromatic nitrogens is 1. The Morgan fingerprint density at radius 3 is 2.43 bits per heavy atom. The van der Waals surface area contributed by atoms with E-state index in [1.54, 1.807) is 24.0 Å². The van der Waals surface area contributed by atoms with Gasteiger partial charge in [0, 0.05) is 62.9 Å². The van der Waals surface area contributed by atoms with Gasteiger partial charge in [-0.2, -0.15) is 4.31 Å². The summed E-state index contributed by atoms with van der Waals surface area (Å²) in [6, 6.07) is 9.71.